The Morgan fingerprint density at radius 2 is 1.80 bits per heavy atom. The average molecular weight is 352 g/mol. The minimum atomic E-state index is 0.185. The van der Waals surface area contributed by atoms with Crippen molar-refractivity contribution in [1.82, 2.24) is 5.32 Å². The van der Waals surface area contributed by atoms with Crippen molar-refractivity contribution in [3.63, 3.8) is 0 Å². The van der Waals surface area contributed by atoms with Crippen LogP contribution in [0.25, 0.3) is 0 Å². The Balaban J connectivity index is 0. The van der Waals surface area contributed by atoms with E-state index in [0.717, 1.165) is 24.8 Å². The lowest BCUT2D eigenvalue weighted by molar-refractivity contribution is -0.115. The summed E-state index contributed by atoms with van der Waals surface area (Å²) < 4.78 is 5.01. The number of methoxy groups -OCH3 is 1. The van der Waals surface area contributed by atoms with Gasteiger partial charge in [-0.1, -0.05) is 39.8 Å². The number of ether oxygens (including phenoxy) is 1. The smallest absolute Gasteiger partial charge is 0.160 e. The van der Waals surface area contributed by atoms with Crippen molar-refractivity contribution >= 4 is 5.78 Å². The topological polar surface area (TPSA) is 58.6 Å². The zero-order valence-corrected chi connectivity index (χ0v) is 17.1. The maximum Gasteiger partial charge on any atom is 0.160 e. The molecule has 1 aliphatic rings. The molecule has 4 heteroatoms. The first-order valence-electron chi connectivity index (χ1n) is 9.26. The number of aromatic hydroxyl groups is 1. The summed E-state index contributed by atoms with van der Waals surface area (Å²) in [6, 6.07) is 5.50. The molecular weight excluding hydrogens is 314 g/mol. The molecule has 0 heterocycles. The number of nitrogens with one attached hydrogen (secondary N) is 1. The van der Waals surface area contributed by atoms with Gasteiger partial charge in [0.1, 0.15) is 0 Å². The van der Waals surface area contributed by atoms with Crippen molar-refractivity contribution in [2.75, 3.05) is 21.2 Å². The van der Waals surface area contributed by atoms with Gasteiger partial charge in [0.2, 0.25) is 0 Å². The summed E-state index contributed by atoms with van der Waals surface area (Å²) in [7, 11) is 5.29. The number of hydrogen-bond donors (Lipinski definition) is 2. The number of phenols is 1. The zero-order valence-electron chi connectivity index (χ0n) is 17.1. The SMILES string of the molecule is CC.CC.CNC.COc1ccc(CCC2C=CC(=O)CC2)cc1O. The van der Waals surface area contributed by atoms with Gasteiger partial charge in [-0.25, -0.2) is 0 Å². The Bertz CT molecular complexity index is 484. The first-order chi connectivity index (χ1) is 12.1. The van der Waals surface area contributed by atoms with Gasteiger partial charge >= 0.3 is 0 Å². The molecule has 0 bridgehead atoms. The van der Waals surface area contributed by atoms with Gasteiger partial charge in [0.05, 0.1) is 7.11 Å². The number of carbonyl (C=O) groups excluding carboxylic acids is 1. The Morgan fingerprint density at radius 1 is 1.20 bits per heavy atom. The minimum Gasteiger partial charge on any atom is -0.504 e. The number of hydrogen-bond acceptors (Lipinski definition) is 4. The molecule has 144 valence electrons. The van der Waals surface area contributed by atoms with Crippen LogP contribution in [0.4, 0.5) is 0 Å². The van der Waals surface area contributed by atoms with Crippen molar-refractivity contribution in [3.05, 3.63) is 35.9 Å². The lowest BCUT2D eigenvalue weighted by Gasteiger charge is -2.15. The van der Waals surface area contributed by atoms with Gasteiger partial charge in [-0.2, -0.15) is 0 Å². The third-order valence-corrected chi connectivity index (χ3v) is 3.36. The molecule has 1 atom stereocenters. The molecule has 1 aliphatic carbocycles. The van der Waals surface area contributed by atoms with Crippen molar-refractivity contribution in [2.24, 2.45) is 5.92 Å². The second kappa shape index (κ2) is 17.0. The van der Waals surface area contributed by atoms with Crippen molar-refractivity contribution in [2.45, 2.75) is 53.4 Å². The number of phenolic OH excluding ortho intramolecular Hbond substituents is 1. The van der Waals surface area contributed by atoms with Crippen LogP contribution in [-0.4, -0.2) is 32.1 Å². The van der Waals surface area contributed by atoms with E-state index in [0.29, 0.717) is 18.1 Å². The van der Waals surface area contributed by atoms with E-state index in [1.54, 1.807) is 25.3 Å². The molecule has 2 N–H and O–H groups in total. The summed E-state index contributed by atoms with van der Waals surface area (Å²) in [5, 5.41) is 12.4. The molecule has 4 nitrogen and oxygen atoms in total. The molecule has 0 saturated heterocycles. The Morgan fingerprint density at radius 3 is 2.24 bits per heavy atom. The van der Waals surface area contributed by atoms with Crippen molar-refractivity contribution in [1.29, 1.82) is 0 Å². The molecular formula is C21H37NO3. The molecule has 2 rings (SSSR count). The molecule has 0 spiro atoms. The third kappa shape index (κ3) is 11.4. The minimum absolute atomic E-state index is 0.185. The van der Waals surface area contributed by atoms with E-state index in [1.807, 2.05) is 53.9 Å². The molecule has 0 amide bonds. The van der Waals surface area contributed by atoms with Crippen LogP contribution in [0.15, 0.2) is 30.4 Å². The Hall–Kier alpha value is -1.81. The van der Waals surface area contributed by atoms with E-state index in [-0.39, 0.29) is 11.5 Å². The fourth-order valence-corrected chi connectivity index (χ4v) is 2.23. The molecule has 0 aliphatic heterocycles. The number of rotatable bonds is 4. The van der Waals surface area contributed by atoms with Crippen LogP contribution in [-0.2, 0) is 11.2 Å². The summed E-state index contributed by atoms with van der Waals surface area (Å²) in [5.74, 6) is 1.39. The maximum absolute atomic E-state index is 11.1. The van der Waals surface area contributed by atoms with Gasteiger partial charge in [0.15, 0.2) is 17.3 Å². The van der Waals surface area contributed by atoms with Gasteiger partial charge in [0.25, 0.3) is 0 Å². The van der Waals surface area contributed by atoms with Gasteiger partial charge < -0.3 is 15.2 Å². The van der Waals surface area contributed by atoms with E-state index in [9.17, 15) is 9.90 Å². The molecule has 0 saturated carbocycles. The van der Waals surface area contributed by atoms with Crippen LogP contribution in [0.3, 0.4) is 0 Å². The van der Waals surface area contributed by atoms with Crippen LogP contribution in [0.5, 0.6) is 11.5 Å². The second-order valence-corrected chi connectivity index (χ2v) is 5.17. The normalized spacial score (nSPS) is 14.8. The van der Waals surface area contributed by atoms with Crippen LogP contribution < -0.4 is 10.1 Å². The van der Waals surface area contributed by atoms with E-state index < -0.39 is 0 Å². The van der Waals surface area contributed by atoms with E-state index in [2.05, 4.69) is 5.32 Å². The van der Waals surface area contributed by atoms with E-state index >= 15 is 0 Å². The molecule has 0 radical (unpaired) electrons. The zero-order chi connectivity index (χ0) is 19.7. The highest BCUT2D eigenvalue weighted by Crippen LogP contribution is 2.28. The standard InChI is InChI=1S/C15H18O3.C2H7N.2C2H6/c1-18-15-9-6-12(10-14(15)17)3-2-11-4-7-13(16)8-5-11;1-3-2;2*1-2/h4,6-7,9-11,17H,2-3,5,8H2,1H3;3H,1-2H3;2*1-2H3. The number of carbonyl (C=O) groups is 1. The summed E-state index contributed by atoms with van der Waals surface area (Å²) in [6.07, 6.45) is 7.22. The van der Waals surface area contributed by atoms with Crippen LogP contribution in [0.2, 0.25) is 0 Å². The number of allylic oxidation sites excluding steroid dienone is 2. The summed E-state index contributed by atoms with van der Waals surface area (Å²) in [4.78, 5) is 11.1. The highest BCUT2D eigenvalue weighted by atomic mass is 16.5. The lowest BCUT2D eigenvalue weighted by Crippen LogP contribution is -2.08. The summed E-state index contributed by atoms with van der Waals surface area (Å²) in [6.45, 7) is 8.00. The Kier molecular flexibility index (Phi) is 17.3. The molecule has 1 unspecified atom stereocenters. The number of ketones is 1. The first kappa shape index (κ1) is 25.4. The lowest BCUT2D eigenvalue weighted by atomic mass is 9.90. The fourth-order valence-electron chi connectivity index (χ4n) is 2.23. The summed E-state index contributed by atoms with van der Waals surface area (Å²) >= 11 is 0. The van der Waals surface area contributed by atoms with E-state index in [1.165, 1.54) is 0 Å². The van der Waals surface area contributed by atoms with Crippen LogP contribution >= 0.6 is 0 Å². The summed E-state index contributed by atoms with van der Waals surface area (Å²) in [5.41, 5.74) is 1.10. The van der Waals surface area contributed by atoms with Crippen LogP contribution in [0, 0.1) is 5.92 Å². The predicted molar refractivity (Wildman–Crippen MR) is 108 cm³/mol. The largest absolute Gasteiger partial charge is 0.504 e. The second-order valence-electron chi connectivity index (χ2n) is 5.17. The first-order valence-corrected chi connectivity index (χ1v) is 9.26. The predicted octanol–water partition coefficient (Wildman–Crippen LogP) is 4.76. The number of benzene rings is 1. The Labute approximate surface area is 154 Å². The van der Waals surface area contributed by atoms with E-state index in [4.69, 9.17) is 4.74 Å². The van der Waals surface area contributed by atoms with Gasteiger partial charge in [-0.3, -0.25) is 4.79 Å². The highest BCUT2D eigenvalue weighted by molar-refractivity contribution is 5.90. The molecule has 0 fully saturated rings. The van der Waals surface area contributed by atoms with Crippen LogP contribution in [0.1, 0.15) is 52.5 Å². The van der Waals surface area contributed by atoms with Gasteiger partial charge in [-0.15, -0.1) is 0 Å². The average Bonchev–Trinajstić information content (AvgIpc) is 2.65. The molecule has 0 aromatic heterocycles. The van der Waals surface area contributed by atoms with Gasteiger partial charge in [-0.05, 0) is 63.0 Å². The quantitative estimate of drug-likeness (QED) is 0.821. The number of aryl methyl sites for hydroxylation is 1. The maximum atomic E-state index is 11.1. The fraction of sp³-hybridized carbons (Fsp3) is 0.571. The van der Waals surface area contributed by atoms with Gasteiger partial charge in [0, 0.05) is 6.42 Å². The monoisotopic (exact) mass is 351 g/mol. The highest BCUT2D eigenvalue weighted by Gasteiger charge is 2.13. The third-order valence-electron chi connectivity index (χ3n) is 3.36. The molecule has 25 heavy (non-hydrogen) atoms. The molecule has 1 aromatic carbocycles. The molecule has 1 aromatic rings. The van der Waals surface area contributed by atoms with Crippen molar-refractivity contribution in [3.8, 4) is 11.5 Å². The van der Waals surface area contributed by atoms with Crippen molar-refractivity contribution < 1.29 is 14.6 Å².